The Kier molecular flexibility index (Phi) is 5.19. The van der Waals surface area contributed by atoms with Crippen LogP contribution in [0, 0.1) is 0 Å². The summed E-state index contributed by atoms with van der Waals surface area (Å²) in [6.07, 6.45) is -5.57. The van der Waals surface area contributed by atoms with E-state index in [0.29, 0.717) is 4.73 Å². The van der Waals surface area contributed by atoms with Gasteiger partial charge < -0.3 is 10.5 Å². The van der Waals surface area contributed by atoms with Crippen LogP contribution in [0.25, 0.3) is 0 Å². The van der Waals surface area contributed by atoms with Crippen molar-refractivity contribution in [3.8, 4) is 0 Å². The van der Waals surface area contributed by atoms with Crippen LogP contribution in [-0.4, -0.2) is 40.5 Å². The fraction of sp³-hybridized carbons (Fsp3) is 0.400. The molecule has 0 saturated carbocycles. The molecule has 130 valence electrons. The second-order valence-electron chi connectivity index (χ2n) is 4.10. The molecule has 0 unspecified atom stereocenters. The molecule has 13 heteroatoms. The maximum atomic E-state index is 12.9. The molecule has 1 heterocycles. The summed E-state index contributed by atoms with van der Waals surface area (Å²) in [6, 6.07) is 0.298. The van der Waals surface area contributed by atoms with Gasteiger partial charge in [-0.15, -0.1) is 0 Å². The Morgan fingerprint density at radius 1 is 1.26 bits per heavy atom. The largest absolute Gasteiger partial charge is 0.459 e. The zero-order chi connectivity index (χ0) is 18.1. The summed E-state index contributed by atoms with van der Waals surface area (Å²) < 4.78 is 87.1. The Bertz CT molecular complexity index is 657. The minimum atomic E-state index is -6.49. The van der Waals surface area contributed by atoms with Gasteiger partial charge in [-0.05, 0) is 6.07 Å². The molecule has 0 spiro atoms. The van der Waals surface area contributed by atoms with Crippen molar-refractivity contribution < 1.29 is 40.7 Å². The highest BCUT2D eigenvalue weighted by atomic mass is 35.5. The van der Waals surface area contributed by atoms with Crippen molar-refractivity contribution in [2.24, 2.45) is 4.99 Å². The minimum absolute atomic E-state index is 0.260. The van der Waals surface area contributed by atoms with Crippen LogP contribution in [0.4, 0.5) is 35.5 Å². The van der Waals surface area contributed by atoms with E-state index in [2.05, 4.69) is 4.99 Å². The Hall–Kier alpha value is -1.98. The molecular weight excluding hydrogens is 363 g/mol. The third-order valence-corrected chi connectivity index (χ3v) is 2.66. The van der Waals surface area contributed by atoms with Gasteiger partial charge in [-0.25, -0.2) is 4.79 Å². The van der Waals surface area contributed by atoms with Gasteiger partial charge in [-0.2, -0.15) is 40.5 Å². The van der Waals surface area contributed by atoms with Crippen LogP contribution in [0.3, 0.4) is 0 Å². The Morgan fingerprint density at radius 2 is 1.83 bits per heavy atom. The standard InChI is InChI=1S/C10H7ClF7N3O2/c11-6-3-5(1-2-21(6)23)20-7(22)19-4-8(12,13)9(14,15)10(16,17)18/h1-3,23H,4H2,(H,19,22)/b20-5-. The van der Waals surface area contributed by atoms with E-state index in [1.54, 1.807) is 0 Å². The van der Waals surface area contributed by atoms with E-state index in [1.807, 2.05) is 0 Å². The third-order valence-electron chi connectivity index (χ3n) is 2.38. The molecule has 0 aliphatic heterocycles. The summed E-state index contributed by atoms with van der Waals surface area (Å²) >= 11 is 5.43. The van der Waals surface area contributed by atoms with Gasteiger partial charge in [0.15, 0.2) is 0 Å². The molecule has 1 rings (SSSR count). The highest BCUT2D eigenvalue weighted by Crippen LogP contribution is 2.46. The number of rotatable bonds is 3. The van der Waals surface area contributed by atoms with Crippen LogP contribution in [0.5, 0.6) is 0 Å². The lowest BCUT2D eigenvalue weighted by Crippen LogP contribution is -2.56. The summed E-state index contributed by atoms with van der Waals surface area (Å²) in [5.74, 6) is -11.9. The Morgan fingerprint density at radius 3 is 2.30 bits per heavy atom. The molecule has 1 aromatic rings. The van der Waals surface area contributed by atoms with Crippen LogP contribution in [0.1, 0.15) is 0 Å². The van der Waals surface area contributed by atoms with Gasteiger partial charge in [0, 0.05) is 12.3 Å². The average Bonchev–Trinajstić information content (AvgIpc) is 2.39. The van der Waals surface area contributed by atoms with Gasteiger partial charge in [0.05, 0.1) is 11.9 Å². The van der Waals surface area contributed by atoms with Gasteiger partial charge in [0.2, 0.25) is 0 Å². The molecule has 0 bridgehead atoms. The van der Waals surface area contributed by atoms with Crippen molar-refractivity contribution in [1.29, 1.82) is 0 Å². The Balaban J connectivity index is 2.85. The summed E-state index contributed by atoms with van der Waals surface area (Å²) in [4.78, 5) is 14.3. The average molecular weight is 370 g/mol. The van der Waals surface area contributed by atoms with E-state index < -0.39 is 30.6 Å². The molecule has 0 aromatic carbocycles. The zero-order valence-corrected chi connectivity index (χ0v) is 11.5. The van der Waals surface area contributed by atoms with Crippen LogP contribution >= 0.6 is 11.6 Å². The molecule has 2 amide bonds. The number of hydrogen-bond acceptors (Lipinski definition) is 2. The number of nitrogens with zero attached hydrogens (tertiary/aromatic N) is 2. The first-order valence-corrected chi connectivity index (χ1v) is 5.88. The molecule has 1 aromatic heterocycles. The lowest BCUT2D eigenvalue weighted by Gasteiger charge is -2.27. The molecule has 0 atom stereocenters. The summed E-state index contributed by atoms with van der Waals surface area (Å²) in [5, 5.41) is 9.56. The fourth-order valence-electron chi connectivity index (χ4n) is 1.19. The quantitative estimate of drug-likeness (QED) is 0.489. The van der Waals surface area contributed by atoms with Gasteiger partial charge >= 0.3 is 24.1 Å². The number of carbonyl (C=O) groups excluding carboxylic acids is 1. The molecule has 2 N–H and O–H groups in total. The van der Waals surface area contributed by atoms with Crippen molar-refractivity contribution in [3.63, 3.8) is 0 Å². The number of nitrogens with one attached hydrogen (secondary N) is 1. The second-order valence-corrected chi connectivity index (χ2v) is 4.49. The predicted octanol–water partition coefficient (Wildman–Crippen LogP) is 2.82. The van der Waals surface area contributed by atoms with Gasteiger partial charge in [0.25, 0.3) is 0 Å². The SMILES string of the molecule is O=C(/N=c1/ccn(O)c(Cl)c1)NCC(F)(F)C(F)(F)C(F)(F)F. The topological polar surface area (TPSA) is 66.6 Å². The van der Waals surface area contributed by atoms with Gasteiger partial charge in [0.1, 0.15) is 5.15 Å². The van der Waals surface area contributed by atoms with E-state index in [9.17, 15) is 35.5 Å². The highest BCUT2D eigenvalue weighted by molar-refractivity contribution is 6.29. The monoisotopic (exact) mass is 369 g/mol. The number of halogens is 8. The number of alkyl halides is 7. The van der Waals surface area contributed by atoms with E-state index in [4.69, 9.17) is 16.8 Å². The van der Waals surface area contributed by atoms with E-state index >= 15 is 0 Å². The molecule has 0 aliphatic carbocycles. The lowest BCUT2D eigenvalue weighted by atomic mass is 10.1. The summed E-state index contributed by atoms with van der Waals surface area (Å²) in [6.45, 7) is -2.29. The number of aromatic nitrogens is 1. The van der Waals surface area contributed by atoms with Crippen molar-refractivity contribution in [1.82, 2.24) is 10.0 Å². The smallest absolute Gasteiger partial charge is 0.428 e. The summed E-state index contributed by atoms with van der Waals surface area (Å²) in [5.41, 5.74) is 0. The maximum Gasteiger partial charge on any atom is 0.459 e. The number of pyridine rings is 1. The number of carbonyl (C=O) groups is 1. The van der Waals surface area contributed by atoms with Crippen molar-refractivity contribution in [2.75, 3.05) is 6.54 Å². The van der Waals surface area contributed by atoms with Crippen molar-refractivity contribution in [2.45, 2.75) is 18.0 Å². The van der Waals surface area contributed by atoms with E-state index in [0.717, 1.165) is 23.6 Å². The first kappa shape index (κ1) is 19.1. The first-order chi connectivity index (χ1) is 10.3. The first-order valence-electron chi connectivity index (χ1n) is 5.50. The van der Waals surface area contributed by atoms with Gasteiger partial charge in [-0.1, -0.05) is 11.6 Å². The molecule has 23 heavy (non-hydrogen) atoms. The van der Waals surface area contributed by atoms with Crippen molar-refractivity contribution >= 4 is 17.6 Å². The van der Waals surface area contributed by atoms with Crippen LogP contribution in [0.15, 0.2) is 23.3 Å². The van der Waals surface area contributed by atoms with E-state index in [1.165, 1.54) is 0 Å². The summed E-state index contributed by atoms with van der Waals surface area (Å²) in [7, 11) is 0. The molecular formula is C10H7ClF7N3O2. The van der Waals surface area contributed by atoms with Crippen LogP contribution in [-0.2, 0) is 0 Å². The number of amides is 2. The Labute approximate surface area is 128 Å². The predicted molar refractivity (Wildman–Crippen MR) is 61.5 cm³/mol. The normalized spacial score (nSPS) is 14.0. The van der Waals surface area contributed by atoms with Gasteiger partial charge in [-0.3, -0.25) is 0 Å². The number of urea groups is 1. The van der Waals surface area contributed by atoms with E-state index in [-0.39, 0.29) is 10.5 Å². The lowest BCUT2D eigenvalue weighted by molar-refractivity contribution is -0.352. The van der Waals surface area contributed by atoms with Crippen LogP contribution in [0.2, 0.25) is 5.15 Å². The molecule has 0 aliphatic rings. The third kappa shape index (κ3) is 4.27. The number of hydrogen-bond donors (Lipinski definition) is 2. The fourth-order valence-corrected chi connectivity index (χ4v) is 1.35. The van der Waals surface area contributed by atoms with Crippen molar-refractivity contribution in [3.05, 3.63) is 28.8 Å². The van der Waals surface area contributed by atoms with Crippen LogP contribution < -0.4 is 10.7 Å². The maximum absolute atomic E-state index is 12.9. The molecule has 0 fully saturated rings. The molecule has 5 nitrogen and oxygen atoms in total. The molecule has 0 radical (unpaired) electrons. The highest BCUT2D eigenvalue weighted by Gasteiger charge is 2.72. The minimum Gasteiger partial charge on any atom is -0.428 e. The zero-order valence-electron chi connectivity index (χ0n) is 10.7. The second kappa shape index (κ2) is 6.26. The molecule has 0 saturated heterocycles.